The summed E-state index contributed by atoms with van der Waals surface area (Å²) in [6.07, 6.45) is 1.64. The van der Waals surface area contributed by atoms with Gasteiger partial charge in [-0.3, -0.25) is 9.59 Å². The summed E-state index contributed by atoms with van der Waals surface area (Å²) >= 11 is 0. The average Bonchev–Trinajstić information content (AvgIpc) is 3.06. The largest absolute Gasteiger partial charge is 0.467 e. The highest BCUT2D eigenvalue weighted by atomic mass is 16.4. The van der Waals surface area contributed by atoms with E-state index in [-0.39, 0.29) is 18.4 Å². The van der Waals surface area contributed by atoms with Gasteiger partial charge < -0.3 is 20.2 Å². The topological polar surface area (TPSA) is 91.6 Å². The lowest BCUT2D eigenvalue weighted by atomic mass is 10.00. The maximum Gasteiger partial charge on any atom is 0.251 e. The van der Waals surface area contributed by atoms with Crippen LogP contribution in [-0.2, 0) is 11.2 Å². The first-order valence-corrected chi connectivity index (χ1v) is 7.06. The number of benzene rings is 1. The van der Waals surface area contributed by atoms with Crippen LogP contribution in [0.15, 0.2) is 41.0 Å². The van der Waals surface area contributed by atoms with Gasteiger partial charge in [0.1, 0.15) is 11.9 Å². The molecule has 0 fully saturated rings. The Balaban J connectivity index is 1.64. The Labute approximate surface area is 127 Å². The molecule has 0 aliphatic carbocycles. The molecule has 2 heterocycles. The molecule has 1 aliphatic rings. The van der Waals surface area contributed by atoms with E-state index in [0.717, 1.165) is 11.3 Å². The number of furan rings is 1. The summed E-state index contributed by atoms with van der Waals surface area (Å²) in [5.41, 5.74) is 2.20. The summed E-state index contributed by atoms with van der Waals surface area (Å²) in [6.45, 7) is 0.0696. The van der Waals surface area contributed by atoms with Crippen molar-refractivity contribution in [2.75, 3.05) is 11.9 Å². The van der Waals surface area contributed by atoms with Crippen molar-refractivity contribution in [3.8, 4) is 0 Å². The molecule has 2 aromatic rings. The Morgan fingerprint density at radius 2 is 2.23 bits per heavy atom. The van der Waals surface area contributed by atoms with Crippen LogP contribution < -0.4 is 10.6 Å². The van der Waals surface area contributed by atoms with Crippen molar-refractivity contribution in [3.05, 3.63) is 53.5 Å². The van der Waals surface area contributed by atoms with Crippen molar-refractivity contribution in [1.29, 1.82) is 0 Å². The van der Waals surface area contributed by atoms with E-state index in [9.17, 15) is 14.7 Å². The molecule has 0 radical (unpaired) electrons. The smallest absolute Gasteiger partial charge is 0.251 e. The summed E-state index contributed by atoms with van der Waals surface area (Å²) in [7, 11) is 0. The van der Waals surface area contributed by atoms with Crippen molar-refractivity contribution in [3.63, 3.8) is 0 Å². The third kappa shape index (κ3) is 3.01. The van der Waals surface area contributed by atoms with Crippen LogP contribution in [0.25, 0.3) is 0 Å². The van der Waals surface area contributed by atoms with Gasteiger partial charge in [0.2, 0.25) is 5.91 Å². The second-order valence-electron chi connectivity index (χ2n) is 5.16. The standard InChI is InChI=1S/C16H16N2O4/c19-13(14-2-1-7-22-14)9-17-16(21)11-3-5-12-10(8-11)4-6-15(20)18-12/h1-3,5,7-8,13,19H,4,6,9H2,(H,17,21)(H,18,20). The SMILES string of the molecule is O=C1CCc2cc(C(=O)NCC(O)c3ccco3)ccc2N1. The highest BCUT2D eigenvalue weighted by molar-refractivity contribution is 5.97. The van der Waals surface area contributed by atoms with Crippen molar-refractivity contribution < 1.29 is 19.1 Å². The van der Waals surface area contributed by atoms with Gasteiger partial charge in [0.25, 0.3) is 5.91 Å². The molecular weight excluding hydrogens is 284 g/mol. The molecule has 1 unspecified atom stereocenters. The number of hydrogen-bond acceptors (Lipinski definition) is 4. The number of amides is 2. The summed E-state index contributed by atoms with van der Waals surface area (Å²) in [4.78, 5) is 23.4. The quantitative estimate of drug-likeness (QED) is 0.800. The van der Waals surface area contributed by atoms with Crippen molar-refractivity contribution in [1.82, 2.24) is 5.32 Å². The van der Waals surface area contributed by atoms with E-state index in [1.807, 2.05) is 0 Å². The van der Waals surface area contributed by atoms with Crippen LogP contribution in [-0.4, -0.2) is 23.5 Å². The maximum absolute atomic E-state index is 12.1. The van der Waals surface area contributed by atoms with Crippen molar-refractivity contribution in [2.24, 2.45) is 0 Å². The van der Waals surface area contributed by atoms with Crippen LogP contribution in [0.1, 0.15) is 34.2 Å². The number of nitrogens with one attached hydrogen (secondary N) is 2. The Hall–Kier alpha value is -2.60. The Bertz CT molecular complexity index is 694. The summed E-state index contributed by atoms with van der Waals surface area (Å²) in [5, 5.41) is 15.3. The number of aliphatic hydroxyl groups excluding tert-OH is 1. The fraction of sp³-hybridized carbons (Fsp3) is 0.250. The predicted molar refractivity (Wildman–Crippen MR) is 79.4 cm³/mol. The second-order valence-corrected chi connectivity index (χ2v) is 5.16. The molecule has 2 amide bonds. The molecule has 3 N–H and O–H groups in total. The zero-order chi connectivity index (χ0) is 15.5. The van der Waals surface area contributed by atoms with Gasteiger partial charge >= 0.3 is 0 Å². The lowest BCUT2D eigenvalue weighted by molar-refractivity contribution is -0.116. The molecule has 0 spiro atoms. The molecule has 1 aliphatic heterocycles. The summed E-state index contributed by atoms with van der Waals surface area (Å²) in [5.74, 6) is 0.130. The lowest BCUT2D eigenvalue weighted by Crippen LogP contribution is -2.28. The van der Waals surface area contributed by atoms with Gasteiger partial charge in [0.05, 0.1) is 12.8 Å². The molecular formula is C16H16N2O4. The summed E-state index contributed by atoms with van der Waals surface area (Å²) < 4.78 is 5.08. The predicted octanol–water partition coefficient (Wildman–Crippen LogP) is 1.63. The fourth-order valence-electron chi connectivity index (χ4n) is 2.40. The first kappa shape index (κ1) is 14.3. The fourth-order valence-corrected chi connectivity index (χ4v) is 2.40. The van der Waals surface area contributed by atoms with Crippen LogP contribution in [0.2, 0.25) is 0 Å². The minimum atomic E-state index is -0.879. The number of hydrogen-bond donors (Lipinski definition) is 3. The molecule has 1 aromatic carbocycles. The van der Waals surface area contributed by atoms with Gasteiger partial charge in [0.15, 0.2) is 0 Å². The molecule has 1 aromatic heterocycles. The Kier molecular flexibility index (Phi) is 3.93. The van der Waals surface area contributed by atoms with Gasteiger partial charge in [-0.15, -0.1) is 0 Å². The van der Waals surface area contributed by atoms with Gasteiger partial charge in [-0.05, 0) is 42.3 Å². The molecule has 1 atom stereocenters. The zero-order valence-corrected chi connectivity index (χ0v) is 11.8. The molecule has 6 heteroatoms. The van der Waals surface area contributed by atoms with Crippen LogP contribution in [0.3, 0.4) is 0 Å². The van der Waals surface area contributed by atoms with E-state index in [1.54, 1.807) is 30.3 Å². The average molecular weight is 300 g/mol. The molecule has 22 heavy (non-hydrogen) atoms. The van der Waals surface area contributed by atoms with E-state index in [1.165, 1.54) is 6.26 Å². The number of aryl methyl sites for hydroxylation is 1. The molecule has 0 bridgehead atoms. The normalized spacial score (nSPS) is 14.9. The van der Waals surface area contributed by atoms with Crippen molar-refractivity contribution in [2.45, 2.75) is 18.9 Å². The van der Waals surface area contributed by atoms with E-state index >= 15 is 0 Å². The maximum atomic E-state index is 12.1. The number of anilines is 1. The molecule has 3 rings (SSSR count). The van der Waals surface area contributed by atoms with Crippen molar-refractivity contribution >= 4 is 17.5 Å². The van der Waals surface area contributed by atoms with Gasteiger partial charge in [0, 0.05) is 17.7 Å². The highest BCUT2D eigenvalue weighted by Gasteiger charge is 2.17. The van der Waals surface area contributed by atoms with Gasteiger partial charge in [-0.2, -0.15) is 0 Å². The molecule has 0 saturated carbocycles. The van der Waals surface area contributed by atoms with E-state index in [4.69, 9.17) is 4.42 Å². The third-order valence-electron chi connectivity index (χ3n) is 3.59. The van der Waals surface area contributed by atoms with Crippen LogP contribution in [0.5, 0.6) is 0 Å². The van der Waals surface area contributed by atoms with E-state index < -0.39 is 6.10 Å². The number of fused-ring (bicyclic) bond motifs is 1. The first-order chi connectivity index (χ1) is 10.6. The van der Waals surface area contributed by atoms with Crippen LogP contribution in [0.4, 0.5) is 5.69 Å². The monoisotopic (exact) mass is 300 g/mol. The highest BCUT2D eigenvalue weighted by Crippen LogP contribution is 2.23. The molecule has 114 valence electrons. The van der Waals surface area contributed by atoms with Gasteiger partial charge in [-0.25, -0.2) is 0 Å². The minimum Gasteiger partial charge on any atom is -0.467 e. The number of aliphatic hydroxyl groups is 1. The Morgan fingerprint density at radius 1 is 1.36 bits per heavy atom. The van der Waals surface area contributed by atoms with Crippen LogP contribution >= 0.6 is 0 Å². The van der Waals surface area contributed by atoms with E-state index in [2.05, 4.69) is 10.6 Å². The molecule has 0 saturated heterocycles. The number of carbonyl (C=O) groups is 2. The van der Waals surface area contributed by atoms with Crippen LogP contribution in [0, 0.1) is 0 Å². The number of carbonyl (C=O) groups excluding carboxylic acids is 2. The zero-order valence-electron chi connectivity index (χ0n) is 11.8. The number of rotatable bonds is 4. The third-order valence-corrected chi connectivity index (χ3v) is 3.59. The van der Waals surface area contributed by atoms with Gasteiger partial charge in [-0.1, -0.05) is 0 Å². The first-order valence-electron chi connectivity index (χ1n) is 7.06. The summed E-state index contributed by atoms with van der Waals surface area (Å²) in [6, 6.07) is 8.48. The second kappa shape index (κ2) is 6.03. The molecule has 6 nitrogen and oxygen atoms in total. The van der Waals surface area contributed by atoms with E-state index in [0.29, 0.717) is 24.2 Å². The lowest BCUT2D eigenvalue weighted by Gasteiger charge is -2.17. The minimum absolute atomic E-state index is 0.00808. The Morgan fingerprint density at radius 3 is 3.00 bits per heavy atom.